The molecule has 0 bridgehead atoms. The summed E-state index contributed by atoms with van der Waals surface area (Å²) >= 11 is 5.91. The molecular formula is C16H17ClFN3. The van der Waals surface area contributed by atoms with Gasteiger partial charge >= 0.3 is 0 Å². The Morgan fingerprint density at radius 1 is 0.905 bits per heavy atom. The highest BCUT2D eigenvalue weighted by Crippen LogP contribution is 2.27. The van der Waals surface area contributed by atoms with E-state index in [1.54, 1.807) is 6.07 Å². The molecule has 1 aliphatic rings. The van der Waals surface area contributed by atoms with Gasteiger partial charge in [-0.05, 0) is 36.4 Å². The summed E-state index contributed by atoms with van der Waals surface area (Å²) in [6.07, 6.45) is 0. The number of benzene rings is 2. The number of anilines is 3. The highest BCUT2D eigenvalue weighted by Gasteiger charge is 2.19. The van der Waals surface area contributed by atoms with E-state index in [-0.39, 0.29) is 11.5 Å². The normalized spacial score (nSPS) is 15.3. The molecule has 0 amide bonds. The van der Waals surface area contributed by atoms with Gasteiger partial charge in [-0.25, -0.2) is 4.39 Å². The third-order valence-electron chi connectivity index (χ3n) is 3.84. The van der Waals surface area contributed by atoms with Gasteiger partial charge in [-0.15, -0.1) is 0 Å². The predicted molar refractivity (Wildman–Crippen MR) is 86.7 cm³/mol. The molecule has 2 aromatic rings. The standard InChI is InChI=1S/C16H17ClFN3/c17-12-4-6-13(7-5-12)20-8-10-21(11-9-20)15-3-1-2-14(18)16(15)19/h1-7H,8-11,19H2. The molecule has 0 saturated carbocycles. The zero-order valence-electron chi connectivity index (χ0n) is 11.6. The van der Waals surface area contributed by atoms with Gasteiger partial charge in [0.1, 0.15) is 5.82 Å². The lowest BCUT2D eigenvalue weighted by atomic mass is 10.2. The summed E-state index contributed by atoms with van der Waals surface area (Å²) in [4.78, 5) is 4.42. The van der Waals surface area contributed by atoms with Crippen molar-refractivity contribution in [2.45, 2.75) is 0 Å². The molecule has 110 valence electrons. The smallest absolute Gasteiger partial charge is 0.148 e. The van der Waals surface area contributed by atoms with Crippen molar-refractivity contribution in [3.8, 4) is 0 Å². The Kier molecular flexibility index (Phi) is 3.88. The van der Waals surface area contributed by atoms with Crippen LogP contribution in [0.3, 0.4) is 0 Å². The molecule has 0 atom stereocenters. The second kappa shape index (κ2) is 5.82. The zero-order chi connectivity index (χ0) is 14.8. The van der Waals surface area contributed by atoms with Gasteiger partial charge in [0.2, 0.25) is 0 Å². The van der Waals surface area contributed by atoms with Crippen molar-refractivity contribution in [3.05, 3.63) is 53.3 Å². The van der Waals surface area contributed by atoms with Crippen molar-refractivity contribution in [1.82, 2.24) is 0 Å². The fraction of sp³-hybridized carbons (Fsp3) is 0.250. The second-order valence-electron chi connectivity index (χ2n) is 5.12. The van der Waals surface area contributed by atoms with E-state index in [0.29, 0.717) is 0 Å². The van der Waals surface area contributed by atoms with E-state index in [0.717, 1.165) is 42.6 Å². The molecule has 2 aromatic carbocycles. The molecule has 2 N–H and O–H groups in total. The van der Waals surface area contributed by atoms with Crippen LogP contribution < -0.4 is 15.5 Å². The number of halogens is 2. The van der Waals surface area contributed by atoms with Crippen molar-refractivity contribution < 1.29 is 4.39 Å². The van der Waals surface area contributed by atoms with E-state index in [2.05, 4.69) is 9.80 Å². The lowest BCUT2D eigenvalue weighted by Crippen LogP contribution is -2.46. The maximum atomic E-state index is 13.5. The van der Waals surface area contributed by atoms with Crippen LogP contribution in [-0.2, 0) is 0 Å². The molecule has 0 unspecified atom stereocenters. The first-order valence-electron chi connectivity index (χ1n) is 6.94. The quantitative estimate of drug-likeness (QED) is 0.863. The van der Waals surface area contributed by atoms with Crippen molar-refractivity contribution >= 4 is 28.7 Å². The van der Waals surface area contributed by atoms with Crippen LogP contribution in [0.15, 0.2) is 42.5 Å². The van der Waals surface area contributed by atoms with Crippen LogP contribution in [0.25, 0.3) is 0 Å². The van der Waals surface area contributed by atoms with Gasteiger partial charge in [-0.2, -0.15) is 0 Å². The molecule has 1 saturated heterocycles. The van der Waals surface area contributed by atoms with E-state index in [4.69, 9.17) is 17.3 Å². The monoisotopic (exact) mass is 305 g/mol. The number of nitrogens with two attached hydrogens (primary N) is 1. The van der Waals surface area contributed by atoms with E-state index >= 15 is 0 Å². The van der Waals surface area contributed by atoms with Gasteiger partial charge in [-0.1, -0.05) is 17.7 Å². The minimum atomic E-state index is -0.354. The van der Waals surface area contributed by atoms with Crippen LogP contribution in [0.4, 0.5) is 21.5 Å². The first-order valence-corrected chi connectivity index (χ1v) is 7.32. The molecular weight excluding hydrogens is 289 g/mol. The number of hydrogen-bond donors (Lipinski definition) is 1. The van der Waals surface area contributed by atoms with Gasteiger partial charge in [0.25, 0.3) is 0 Å². The third-order valence-corrected chi connectivity index (χ3v) is 4.09. The number of nitrogen functional groups attached to an aromatic ring is 1. The number of rotatable bonds is 2. The van der Waals surface area contributed by atoms with Crippen LogP contribution in [0.5, 0.6) is 0 Å². The predicted octanol–water partition coefficient (Wildman–Crippen LogP) is 3.39. The Morgan fingerprint density at radius 3 is 2.19 bits per heavy atom. The van der Waals surface area contributed by atoms with Gasteiger partial charge in [-0.3, -0.25) is 0 Å². The minimum Gasteiger partial charge on any atom is -0.395 e. The van der Waals surface area contributed by atoms with Crippen LogP contribution in [0, 0.1) is 5.82 Å². The number of piperazine rings is 1. The molecule has 0 radical (unpaired) electrons. The lowest BCUT2D eigenvalue weighted by Gasteiger charge is -2.37. The third kappa shape index (κ3) is 2.90. The largest absolute Gasteiger partial charge is 0.395 e. The summed E-state index contributed by atoms with van der Waals surface area (Å²) in [5.41, 5.74) is 8.01. The van der Waals surface area contributed by atoms with Crippen LogP contribution >= 0.6 is 11.6 Å². The Morgan fingerprint density at radius 2 is 1.52 bits per heavy atom. The molecule has 21 heavy (non-hydrogen) atoms. The Balaban J connectivity index is 1.70. The summed E-state index contributed by atoms with van der Waals surface area (Å²) < 4.78 is 13.5. The maximum Gasteiger partial charge on any atom is 0.148 e. The summed E-state index contributed by atoms with van der Waals surface area (Å²) in [6.45, 7) is 3.38. The van der Waals surface area contributed by atoms with Crippen LogP contribution in [0.2, 0.25) is 5.02 Å². The van der Waals surface area contributed by atoms with E-state index in [1.807, 2.05) is 30.3 Å². The molecule has 0 aliphatic carbocycles. The molecule has 1 heterocycles. The molecule has 3 nitrogen and oxygen atoms in total. The van der Waals surface area contributed by atoms with Crippen LogP contribution in [0.1, 0.15) is 0 Å². The van der Waals surface area contributed by atoms with Crippen molar-refractivity contribution in [1.29, 1.82) is 0 Å². The van der Waals surface area contributed by atoms with E-state index < -0.39 is 0 Å². The Labute approximate surface area is 128 Å². The van der Waals surface area contributed by atoms with Gasteiger partial charge in [0, 0.05) is 36.9 Å². The van der Waals surface area contributed by atoms with Gasteiger partial charge in [0.15, 0.2) is 0 Å². The molecule has 0 spiro atoms. The van der Waals surface area contributed by atoms with Crippen molar-refractivity contribution in [2.75, 3.05) is 41.7 Å². The summed E-state index contributed by atoms with van der Waals surface area (Å²) in [7, 11) is 0. The van der Waals surface area contributed by atoms with E-state index in [9.17, 15) is 4.39 Å². The van der Waals surface area contributed by atoms with Gasteiger partial charge < -0.3 is 15.5 Å². The summed E-state index contributed by atoms with van der Waals surface area (Å²) in [6, 6.07) is 12.8. The average molecular weight is 306 g/mol. The van der Waals surface area contributed by atoms with Crippen molar-refractivity contribution in [3.63, 3.8) is 0 Å². The summed E-state index contributed by atoms with van der Waals surface area (Å²) in [5.74, 6) is -0.354. The first-order chi connectivity index (χ1) is 10.1. The maximum absolute atomic E-state index is 13.5. The Bertz CT molecular complexity index is 622. The average Bonchev–Trinajstić information content (AvgIpc) is 2.51. The number of para-hydroxylation sites is 1. The fourth-order valence-corrected chi connectivity index (χ4v) is 2.78. The Hall–Kier alpha value is -1.94. The number of hydrogen-bond acceptors (Lipinski definition) is 3. The second-order valence-corrected chi connectivity index (χ2v) is 5.56. The van der Waals surface area contributed by atoms with Gasteiger partial charge in [0.05, 0.1) is 11.4 Å². The SMILES string of the molecule is Nc1c(F)cccc1N1CCN(c2ccc(Cl)cc2)CC1. The fourth-order valence-electron chi connectivity index (χ4n) is 2.66. The summed E-state index contributed by atoms with van der Waals surface area (Å²) in [5, 5.41) is 0.741. The zero-order valence-corrected chi connectivity index (χ0v) is 12.4. The first kappa shape index (κ1) is 14.0. The molecule has 1 fully saturated rings. The molecule has 0 aromatic heterocycles. The molecule has 3 rings (SSSR count). The van der Waals surface area contributed by atoms with Crippen molar-refractivity contribution in [2.24, 2.45) is 0 Å². The van der Waals surface area contributed by atoms with Crippen LogP contribution in [-0.4, -0.2) is 26.2 Å². The highest BCUT2D eigenvalue weighted by molar-refractivity contribution is 6.30. The lowest BCUT2D eigenvalue weighted by molar-refractivity contribution is 0.625. The number of nitrogens with zero attached hydrogens (tertiary/aromatic N) is 2. The minimum absolute atomic E-state index is 0.234. The molecule has 5 heteroatoms. The molecule has 1 aliphatic heterocycles. The highest BCUT2D eigenvalue weighted by atomic mass is 35.5. The van der Waals surface area contributed by atoms with E-state index in [1.165, 1.54) is 6.07 Å². The topological polar surface area (TPSA) is 32.5 Å².